The highest BCUT2D eigenvalue weighted by Gasteiger charge is 2.27. The standard InChI is InChI=1S/C15H18/c1-3-7-12(4-2)15-11-10-13-8-5-6-9-14(13)15/h1,5-6,8-9,12,15H,4,7,10-11H2,2H3. The maximum atomic E-state index is 5.44. The van der Waals surface area contributed by atoms with Crippen LogP contribution in [-0.2, 0) is 6.42 Å². The summed E-state index contributed by atoms with van der Waals surface area (Å²) in [6, 6.07) is 8.84. The molecule has 2 unspecified atom stereocenters. The molecule has 0 aromatic heterocycles. The highest BCUT2D eigenvalue weighted by atomic mass is 14.3. The van der Waals surface area contributed by atoms with Gasteiger partial charge in [-0.15, -0.1) is 12.3 Å². The fraction of sp³-hybridized carbons (Fsp3) is 0.467. The molecule has 0 radical (unpaired) electrons. The second-order valence-corrected chi connectivity index (χ2v) is 4.42. The van der Waals surface area contributed by atoms with Crippen molar-refractivity contribution in [2.45, 2.75) is 38.5 Å². The Labute approximate surface area is 92.7 Å². The van der Waals surface area contributed by atoms with E-state index in [1.807, 2.05) is 0 Å². The summed E-state index contributed by atoms with van der Waals surface area (Å²) in [6.07, 6.45) is 10.1. The van der Waals surface area contributed by atoms with Gasteiger partial charge < -0.3 is 0 Å². The first kappa shape index (κ1) is 10.3. The molecule has 1 aliphatic carbocycles. The van der Waals surface area contributed by atoms with Gasteiger partial charge in [0.05, 0.1) is 0 Å². The molecule has 0 saturated heterocycles. The highest BCUT2D eigenvalue weighted by Crippen LogP contribution is 2.40. The molecule has 0 spiro atoms. The molecule has 1 aromatic rings. The van der Waals surface area contributed by atoms with Crippen LogP contribution in [0.25, 0.3) is 0 Å². The van der Waals surface area contributed by atoms with E-state index in [1.54, 1.807) is 5.56 Å². The lowest BCUT2D eigenvalue weighted by Crippen LogP contribution is -2.08. The van der Waals surface area contributed by atoms with Gasteiger partial charge in [-0.05, 0) is 35.8 Å². The van der Waals surface area contributed by atoms with Gasteiger partial charge in [-0.1, -0.05) is 37.6 Å². The summed E-state index contributed by atoms with van der Waals surface area (Å²) in [7, 11) is 0. The second kappa shape index (κ2) is 4.53. The van der Waals surface area contributed by atoms with Crippen LogP contribution >= 0.6 is 0 Å². The topological polar surface area (TPSA) is 0 Å². The molecule has 0 fully saturated rings. The number of hydrogen-bond donors (Lipinski definition) is 0. The van der Waals surface area contributed by atoms with Gasteiger partial charge in [0.2, 0.25) is 0 Å². The fourth-order valence-electron chi connectivity index (χ4n) is 2.80. The third-order valence-electron chi connectivity index (χ3n) is 3.65. The normalized spacial score (nSPS) is 20.7. The molecule has 0 amide bonds. The van der Waals surface area contributed by atoms with Crippen LogP contribution in [0.2, 0.25) is 0 Å². The van der Waals surface area contributed by atoms with Gasteiger partial charge in [-0.2, -0.15) is 0 Å². The van der Waals surface area contributed by atoms with Crippen LogP contribution in [0.5, 0.6) is 0 Å². The average Bonchev–Trinajstić information content (AvgIpc) is 2.70. The number of aryl methyl sites for hydroxylation is 1. The first-order valence-corrected chi connectivity index (χ1v) is 5.88. The maximum Gasteiger partial charge on any atom is 0.0120 e. The Kier molecular flexibility index (Phi) is 3.11. The van der Waals surface area contributed by atoms with E-state index in [-0.39, 0.29) is 0 Å². The predicted octanol–water partition coefficient (Wildman–Crippen LogP) is 3.77. The largest absolute Gasteiger partial charge is 0.120 e. The van der Waals surface area contributed by atoms with Crippen molar-refractivity contribution in [2.75, 3.05) is 0 Å². The summed E-state index contributed by atoms with van der Waals surface area (Å²) in [5, 5.41) is 0. The molecule has 1 aromatic carbocycles. The van der Waals surface area contributed by atoms with Crippen LogP contribution in [0.3, 0.4) is 0 Å². The summed E-state index contributed by atoms with van der Waals surface area (Å²) in [4.78, 5) is 0. The van der Waals surface area contributed by atoms with Gasteiger partial charge >= 0.3 is 0 Å². The number of benzene rings is 1. The lowest BCUT2D eigenvalue weighted by Gasteiger charge is -2.21. The molecule has 78 valence electrons. The molecule has 15 heavy (non-hydrogen) atoms. The maximum absolute atomic E-state index is 5.44. The van der Waals surface area contributed by atoms with Crippen LogP contribution in [0, 0.1) is 18.3 Å². The monoisotopic (exact) mass is 198 g/mol. The van der Waals surface area contributed by atoms with Gasteiger partial charge in [0.25, 0.3) is 0 Å². The number of rotatable bonds is 3. The van der Waals surface area contributed by atoms with Crippen LogP contribution < -0.4 is 0 Å². The van der Waals surface area contributed by atoms with Crippen molar-refractivity contribution in [1.29, 1.82) is 0 Å². The Morgan fingerprint density at radius 3 is 3.00 bits per heavy atom. The highest BCUT2D eigenvalue weighted by molar-refractivity contribution is 5.35. The lowest BCUT2D eigenvalue weighted by molar-refractivity contribution is 0.416. The molecule has 0 heteroatoms. The van der Waals surface area contributed by atoms with E-state index in [9.17, 15) is 0 Å². The van der Waals surface area contributed by atoms with Crippen molar-refractivity contribution in [3.05, 3.63) is 35.4 Å². The van der Waals surface area contributed by atoms with Gasteiger partial charge in [0.15, 0.2) is 0 Å². The molecule has 0 heterocycles. The average molecular weight is 198 g/mol. The first-order valence-electron chi connectivity index (χ1n) is 5.88. The van der Waals surface area contributed by atoms with Crippen LogP contribution in [0.15, 0.2) is 24.3 Å². The molecule has 2 atom stereocenters. The minimum absolute atomic E-state index is 0.679. The Hall–Kier alpha value is -1.22. The molecule has 0 aliphatic heterocycles. The molecule has 0 saturated carbocycles. The van der Waals surface area contributed by atoms with E-state index in [0.717, 1.165) is 6.42 Å². The van der Waals surface area contributed by atoms with Crippen molar-refractivity contribution >= 4 is 0 Å². The second-order valence-electron chi connectivity index (χ2n) is 4.42. The molecular weight excluding hydrogens is 180 g/mol. The summed E-state index contributed by atoms with van der Waals surface area (Å²) in [5.41, 5.74) is 3.09. The molecule has 0 nitrogen and oxygen atoms in total. The molecule has 2 rings (SSSR count). The summed E-state index contributed by atoms with van der Waals surface area (Å²) >= 11 is 0. The van der Waals surface area contributed by atoms with E-state index in [1.165, 1.54) is 24.8 Å². The van der Waals surface area contributed by atoms with Gasteiger partial charge in [-0.3, -0.25) is 0 Å². The molecule has 0 bridgehead atoms. The minimum Gasteiger partial charge on any atom is -0.120 e. The third-order valence-corrected chi connectivity index (χ3v) is 3.65. The van der Waals surface area contributed by atoms with Gasteiger partial charge in [0, 0.05) is 6.42 Å². The van der Waals surface area contributed by atoms with Crippen LogP contribution in [0.4, 0.5) is 0 Å². The van der Waals surface area contributed by atoms with E-state index < -0.39 is 0 Å². The zero-order chi connectivity index (χ0) is 10.7. The summed E-state index contributed by atoms with van der Waals surface area (Å²) in [5.74, 6) is 4.22. The van der Waals surface area contributed by atoms with Crippen LogP contribution in [0.1, 0.15) is 43.2 Å². The van der Waals surface area contributed by atoms with E-state index in [2.05, 4.69) is 37.1 Å². The van der Waals surface area contributed by atoms with Crippen molar-refractivity contribution in [1.82, 2.24) is 0 Å². The first-order chi connectivity index (χ1) is 7.36. The molecular formula is C15H18. The Morgan fingerprint density at radius 1 is 1.47 bits per heavy atom. The zero-order valence-corrected chi connectivity index (χ0v) is 9.37. The Balaban J connectivity index is 2.23. The fourth-order valence-corrected chi connectivity index (χ4v) is 2.80. The van der Waals surface area contributed by atoms with E-state index >= 15 is 0 Å². The molecule has 0 N–H and O–H groups in total. The van der Waals surface area contributed by atoms with Crippen LogP contribution in [-0.4, -0.2) is 0 Å². The quantitative estimate of drug-likeness (QED) is 0.649. The van der Waals surface area contributed by atoms with E-state index in [0.29, 0.717) is 11.8 Å². The van der Waals surface area contributed by atoms with Gasteiger partial charge in [0.1, 0.15) is 0 Å². The SMILES string of the molecule is C#CCC(CC)C1CCc2ccccc21. The third kappa shape index (κ3) is 1.92. The van der Waals surface area contributed by atoms with Crippen molar-refractivity contribution in [3.63, 3.8) is 0 Å². The molecule has 1 aliphatic rings. The van der Waals surface area contributed by atoms with Crippen molar-refractivity contribution in [3.8, 4) is 12.3 Å². The minimum atomic E-state index is 0.679. The number of terminal acetylenes is 1. The number of hydrogen-bond acceptors (Lipinski definition) is 0. The summed E-state index contributed by atoms with van der Waals surface area (Å²) < 4.78 is 0. The Bertz CT molecular complexity index is 370. The zero-order valence-electron chi connectivity index (χ0n) is 9.37. The lowest BCUT2D eigenvalue weighted by atomic mass is 9.83. The summed E-state index contributed by atoms with van der Waals surface area (Å²) in [6.45, 7) is 2.25. The van der Waals surface area contributed by atoms with E-state index in [4.69, 9.17) is 6.42 Å². The number of fused-ring (bicyclic) bond motifs is 1. The Morgan fingerprint density at radius 2 is 2.27 bits per heavy atom. The van der Waals surface area contributed by atoms with Crippen molar-refractivity contribution < 1.29 is 0 Å². The van der Waals surface area contributed by atoms with Gasteiger partial charge in [-0.25, -0.2) is 0 Å². The predicted molar refractivity (Wildman–Crippen MR) is 64.7 cm³/mol. The van der Waals surface area contributed by atoms with Crippen molar-refractivity contribution in [2.24, 2.45) is 5.92 Å². The smallest absolute Gasteiger partial charge is 0.0120 e.